The van der Waals surface area contributed by atoms with Gasteiger partial charge in [0.05, 0.1) is 11.5 Å². The fraction of sp³-hybridized carbons (Fsp3) is 0.400. The third-order valence-electron chi connectivity index (χ3n) is 5.13. The largest absolute Gasteiger partial charge is 0.395 e. The number of piperazine rings is 1. The van der Waals surface area contributed by atoms with Crippen molar-refractivity contribution in [3.63, 3.8) is 0 Å². The molecule has 1 unspecified atom stereocenters. The first-order valence-corrected chi connectivity index (χ1v) is 11.1. The van der Waals surface area contributed by atoms with E-state index < -0.39 is 10.0 Å². The van der Waals surface area contributed by atoms with Gasteiger partial charge in [-0.05, 0) is 42.8 Å². The SMILES string of the molecule is CCC(CO)N1CCN(S(=O)(=O)c2ccc(C(=O)Nc3ccccn3)cc2)CC1. The van der Waals surface area contributed by atoms with Gasteiger partial charge in [-0.2, -0.15) is 4.31 Å². The van der Waals surface area contributed by atoms with Gasteiger partial charge in [0.25, 0.3) is 5.91 Å². The molecule has 0 saturated carbocycles. The molecule has 2 heterocycles. The number of aromatic nitrogens is 1. The predicted molar refractivity (Wildman–Crippen MR) is 110 cm³/mol. The topological polar surface area (TPSA) is 103 Å². The number of benzene rings is 1. The molecule has 1 aliphatic heterocycles. The van der Waals surface area contributed by atoms with Gasteiger partial charge in [0.1, 0.15) is 5.82 Å². The summed E-state index contributed by atoms with van der Waals surface area (Å²) in [6.45, 7) is 4.01. The van der Waals surface area contributed by atoms with Crippen LogP contribution in [-0.4, -0.2) is 72.4 Å². The highest BCUT2D eigenvalue weighted by molar-refractivity contribution is 7.89. The maximum Gasteiger partial charge on any atom is 0.256 e. The first-order chi connectivity index (χ1) is 14.0. The number of amides is 1. The second-order valence-electron chi connectivity index (χ2n) is 6.88. The second kappa shape index (κ2) is 9.45. The Kier molecular flexibility index (Phi) is 6.96. The molecule has 1 amide bonds. The Labute approximate surface area is 171 Å². The lowest BCUT2D eigenvalue weighted by Gasteiger charge is -2.37. The highest BCUT2D eigenvalue weighted by Gasteiger charge is 2.30. The summed E-state index contributed by atoms with van der Waals surface area (Å²) in [4.78, 5) is 18.6. The number of pyridine rings is 1. The molecule has 8 nitrogen and oxygen atoms in total. The van der Waals surface area contributed by atoms with Gasteiger partial charge in [-0.25, -0.2) is 13.4 Å². The van der Waals surface area contributed by atoms with Crippen LogP contribution in [0.5, 0.6) is 0 Å². The molecule has 1 aromatic carbocycles. The first kappa shape index (κ1) is 21.4. The van der Waals surface area contributed by atoms with Crippen LogP contribution in [-0.2, 0) is 10.0 Å². The number of anilines is 1. The minimum absolute atomic E-state index is 0.0664. The summed E-state index contributed by atoms with van der Waals surface area (Å²) < 4.78 is 27.3. The standard InChI is InChI=1S/C20H26N4O4S/c1-2-17(15-25)23-11-13-24(14-12-23)29(27,28)18-8-6-16(7-9-18)20(26)22-19-5-3-4-10-21-19/h3-10,17,25H,2,11-15H2,1H3,(H,21,22,26). The van der Waals surface area contributed by atoms with Gasteiger partial charge in [-0.3, -0.25) is 9.69 Å². The van der Waals surface area contributed by atoms with Crippen molar-refractivity contribution < 1.29 is 18.3 Å². The molecule has 0 bridgehead atoms. The molecule has 1 saturated heterocycles. The van der Waals surface area contributed by atoms with Crippen molar-refractivity contribution in [3.8, 4) is 0 Å². The van der Waals surface area contributed by atoms with E-state index in [2.05, 4.69) is 15.2 Å². The summed E-state index contributed by atoms with van der Waals surface area (Å²) in [6.07, 6.45) is 2.40. The third-order valence-corrected chi connectivity index (χ3v) is 7.05. The number of carbonyl (C=O) groups excluding carboxylic acids is 1. The molecule has 1 atom stereocenters. The fourth-order valence-corrected chi connectivity index (χ4v) is 4.79. The summed E-state index contributed by atoms with van der Waals surface area (Å²) in [7, 11) is -3.63. The Balaban J connectivity index is 1.65. The fourth-order valence-electron chi connectivity index (χ4n) is 3.36. The Hall–Kier alpha value is -2.33. The van der Waals surface area contributed by atoms with Crippen molar-refractivity contribution >= 4 is 21.7 Å². The molecule has 0 aliphatic carbocycles. The van der Waals surface area contributed by atoms with Gasteiger partial charge in [0, 0.05) is 44.0 Å². The van der Waals surface area contributed by atoms with Crippen LogP contribution in [0.2, 0.25) is 0 Å². The molecular weight excluding hydrogens is 392 g/mol. The van der Waals surface area contributed by atoms with E-state index >= 15 is 0 Å². The molecule has 2 N–H and O–H groups in total. The average Bonchev–Trinajstić information content (AvgIpc) is 2.76. The number of sulfonamides is 1. The maximum atomic E-state index is 12.9. The van der Waals surface area contributed by atoms with E-state index in [9.17, 15) is 18.3 Å². The molecule has 1 fully saturated rings. The monoisotopic (exact) mass is 418 g/mol. The van der Waals surface area contributed by atoms with Crippen molar-refractivity contribution in [1.29, 1.82) is 0 Å². The van der Waals surface area contributed by atoms with Crippen LogP contribution < -0.4 is 5.32 Å². The van der Waals surface area contributed by atoms with E-state index in [0.717, 1.165) is 6.42 Å². The Morgan fingerprint density at radius 2 is 1.83 bits per heavy atom. The molecule has 0 spiro atoms. The Morgan fingerprint density at radius 1 is 1.14 bits per heavy atom. The molecule has 3 rings (SSSR count). The van der Waals surface area contributed by atoms with E-state index in [4.69, 9.17) is 0 Å². The van der Waals surface area contributed by atoms with E-state index in [1.165, 1.54) is 28.6 Å². The minimum atomic E-state index is -3.63. The van der Waals surface area contributed by atoms with Crippen molar-refractivity contribution in [2.24, 2.45) is 0 Å². The third kappa shape index (κ3) is 4.99. The van der Waals surface area contributed by atoms with Crippen molar-refractivity contribution in [3.05, 3.63) is 54.2 Å². The molecule has 29 heavy (non-hydrogen) atoms. The zero-order valence-electron chi connectivity index (χ0n) is 16.4. The smallest absolute Gasteiger partial charge is 0.256 e. The zero-order valence-corrected chi connectivity index (χ0v) is 17.2. The highest BCUT2D eigenvalue weighted by atomic mass is 32.2. The summed E-state index contributed by atoms with van der Waals surface area (Å²) >= 11 is 0. The lowest BCUT2D eigenvalue weighted by atomic mass is 10.2. The van der Waals surface area contributed by atoms with Crippen LogP contribution in [0.25, 0.3) is 0 Å². The van der Waals surface area contributed by atoms with Crippen LogP contribution in [0.4, 0.5) is 5.82 Å². The molecule has 0 radical (unpaired) electrons. The molecule has 1 aromatic heterocycles. The first-order valence-electron chi connectivity index (χ1n) is 9.63. The van der Waals surface area contributed by atoms with E-state index in [1.807, 2.05) is 6.92 Å². The minimum Gasteiger partial charge on any atom is -0.395 e. The summed E-state index contributed by atoms with van der Waals surface area (Å²) in [6, 6.07) is 11.2. The van der Waals surface area contributed by atoms with Crippen molar-refractivity contribution in [2.45, 2.75) is 24.3 Å². The Bertz CT molecular complexity index is 907. The summed E-state index contributed by atoms with van der Waals surface area (Å²) in [5, 5.41) is 12.1. The summed E-state index contributed by atoms with van der Waals surface area (Å²) in [5.74, 6) is 0.0798. The van der Waals surface area contributed by atoms with Crippen LogP contribution >= 0.6 is 0 Å². The van der Waals surface area contributed by atoms with Gasteiger partial charge < -0.3 is 10.4 Å². The van der Waals surface area contributed by atoms with Gasteiger partial charge >= 0.3 is 0 Å². The van der Waals surface area contributed by atoms with Crippen LogP contribution in [0.1, 0.15) is 23.7 Å². The average molecular weight is 419 g/mol. The number of nitrogens with one attached hydrogen (secondary N) is 1. The number of nitrogens with zero attached hydrogens (tertiary/aromatic N) is 3. The lowest BCUT2D eigenvalue weighted by molar-refractivity contribution is 0.0881. The van der Waals surface area contributed by atoms with Gasteiger partial charge in [0.2, 0.25) is 10.0 Å². The molecular formula is C20H26N4O4S. The number of hydrogen-bond acceptors (Lipinski definition) is 6. The van der Waals surface area contributed by atoms with Gasteiger partial charge in [-0.15, -0.1) is 0 Å². The van der Waals surface area contributed by atoms with Gasteiger partial charge in [0.15, 0.2) is 0 Å². The quantitative estimate of drug-likeness (QED) is 0.705. The van der Waals surface area contributed by atoms with Crippen LogP contribution in [0, 0.1) is 0 Å². The normalized spacial score (nSPS) is 17.0. The number of rotatable bonds is 7. The highest BCUT2D eigenvalue weighted by Crippen LogP contribution is 2.20. The zero-order chi connectivity index (χ0) is 20.9. The van der Waals surface area contributed by atoms with E-state index in [-0.39, 0.29) is 23.5 Å². The predicted octanol–water partition coefficient (Wildman–Crippen LogP) is 1.41. The molecule has 156 valence electrons. The summed E-state index contributed by atoms with van der Waals surface area (Å²) in [5.41, 5.74) is 0.355. The van der Waals surface area contributed by atoms with Crippen molar-refractivity contribution in [1.82, 2.24) is 14.2 Å². The van der Waals surface area contributed by atoms with Crippen LogP contribution in [0.15, 0.2) is 53.6 Å². The van der Waals surface area contributed by atoms with Crippen molar-refractivity contribution in [2.75, 3.05) is 38.1 Å². The van der Waals surface area contributed by atoms with E-state index in [0.29, 0.717) is 37.6 Å². The maximum absolute atomic E-state index is 12.9. The number of aliphatic hydroxyl groups is 1. The van der Waals surface area contributed by atoms with E-state index in [1.54, 1.807) is 24.4 Å². The number of carbonyl (C=O) groups is 1. The number of hydrogen-bond donors (Lipinski definition) is 2. The van der Waals surface area contributed by atoms with Crippen LogP contribution in [0.3, 0.4) is 0 Å². The molecule has 9 heteroatoms. The Morgan fingerprint density at radius 3 is 2.38 bits per heavy atom. The number of aliphatic hydroxyl groups excluding tert-OH is 1. The molecule has 1 aliphatic rings. The molecule has 2 aromatic rings. The van der Waals surface area contributed by atoms with Gasteiger partial charge in [-0.1, -0.05) is 13.0 Å². The second-order valence-corrected chi connectivity index (χ2v) is 8.82. The lowest BCUT2D eigenvalue weighted by Crippen LogP contribution is -2.52.